The number of rotatable bonds is 8. The number of amides is 2. The number of carbonyl (C=O) groups excluding carboxylic acids is 2. The fourth-order valence-electron chi connectivity index (χ4n) is 2.61. The summed E-state index contributed by atoms with van der Waals surface area (Å²) in [4.78, 5) is 23.7. The molecule has 0 aliphatic heterocycles. The number of carbonyl (C=O) groups is 2. The van der Waals surface area contributed by atoms with Crippen molar-refractivity contribution in [3.05, 3.63) is 65.9 Å². The molecule has 2 amide bonds. The van der Waals surface area contributed by atoms with E-state index in [0.717, 1.165) is 5.39 Å². The molecule has 3 aromatic rings. The first-order valence-corrected chi connectivity index (χ1v) is 9.89. The first-order chi connectivity index (χ1) is 13.6. The lowest BCUT2D eigenvalue weighted by molar-refractivity contribution is 0.0706. The molecule has 1 aromatic heterocycles. The topological polar surface area (TPSA) is 101 Å². The van der Waals surface area contributed by atoms with Gasteiger partial charge in [0.05, 0.1) is 12.0 Å². The van der Waals surface area contributed by atoms with Crippen molar-refractivity contribution in [1.82, 2.24) is 10.8 Å². The van der Waals surface area contributed by atoms with Crippen molar-refractivity contribution in [1.29, 1.82) is 0 Å². The van der Waals surface area contributed by atoms with Crippen LogP contribution in [-0.4, -0.2) is 35.3 Å². The summed E-state index contributed by atoms with van der Waals surface area (Å²) in [5, 5.41) is 12.3. The van der Waals surface area contributed by atoms with E-state index < -0.39 is 5.91 Å². The fourth-order valence-corrected chi connectivity index (χ4v) is 3.17. The highest BCUT2D eigenvalue weighted by molar-refractivity contribution is 7.99. The summed E-state index contributed by atoms with van der Waals surface area (Å²) in [5.41, 5.74) is 2.58. The molecular weight excluding hydrogens is 380 g/mol. The van der Waals surface area contributed by atoms with E-state index in [1.807, 2.05) is 30.5 Å². The number of thioether (sulfide) groups is 1. The van der Waals surface area contributed by atoms with E-state index >= 15 is 0 Å². The number of ether oxygens (including phenoxy) is 1. The Balaban J connectivity index is 1.51. The SMILES string of the molecule is CSC(CCOc1ccc(C(=O)NO)cc1)NC(=O)c1cc2ccccc2o1. The Kier molecular flexibility index (Phi) is 6.57. The molecule has 7 nitrogen and oxygen atoms in total. The van der Waals surface area contributed by atoms with Crippen molar-refractivity contribution in [3.63, 3.8) is 0 Å². The minimum absolute atomic E-state index is 0.139. The summed E-state index contributed by atoms with van der Waals surface area (Å²) in [6, 6.07) is 15.6. The number of hydrogen-bond donors (Lipinski definition) is 3. The largest absolute Gasteiger partial charge is 0.493 e. The molecule has 1 unspecified atom stereocenters. The minimum Gasteiger partial charge on any atom is -0.493 e. The zero-order valence-electron chi connectivity index (χ0n) is 15.2. The van der Waals surface area contributed by atoms with Crippen LogP contribution in [-0.2, 0) is 0 Å². The highest BCUT2D eigenvalue weighted by atomic mass is 32.2. The van der Waals surface area contributed by atoms with Gasteiger partial charge >= 0.3 is 0 Å². The van der Waals surface area contributed by atoms with Crippen LogP contribution >= 0.6 is 11.8 Å². The molecule has 3 rings (SSSR count). The van der Waals surface area contributed by atoms with Gasteiger partial charge in [-0.2, -0.15) is 0 Å². The van der Waals surface area contributed by atoms with Gasteiger partial charge in [0.15, 0.2) is 5.76 Å². The molecule has 0 aliphatic carbocycles. The Morgan fingerprint density at radius 2 is 1.89 bits per heavy atom. The third-order valence-corrected chi connectivity index (χ3v) is 5.02. The summed E-state index contributed by atoms with van der Waals surface area (Å²) in [6.45, 7) is 0.386. The molecule has 0 spiro atoms. The Labute approximate surface area is 166 Å². The van der Waals surface area contributed by atoms with Gasteiger partial charge < -0.3 is 14.5 Å². The first kappa shape index (κ1) is 19.8. The smallest absolute Gasteiger partial charge is 0.287 e. The summed E-state index contributed by atoms with van der Waals surface area (Å²) in [6.07, 6.45) is 2.50. The van der Waals surface area contributed by atoms with Crippen LogP contribution in [0.5, 0.6) is 5.75 Å². The molecule has 1 atom stereocenters. The molecule has 146 valence electrons. The zero-order valence-corrected chi connectivity index (χ0v) is 16.0. The molecule has 0 saturated heterocycles. The molecule has 0 saturated carbocycles. The molecule has 3 N–H and O–H groups in total. The highest BCUT2D eigenvalue weighted by Gasteiger charge is 2.16. The van der Waals surface area contributed by atoms with Crippen molar-refractivity contribution in [2.24, 2.45) is 0 Å². The molecule has 0 radical (unpaired) electrons. The molecule has 28 heavy (non-hydrogen) atoms. The number of fused-ring (bicyclic) bond motifs is 1. The van der Waals surface area contributed by atoms with Gasteiger partial charge in [-0.3, -0.25) is 14.8 Å². The van der Waals surface area contributed by atoms with Crippen molar-refractivity contribution in [2.75, 3.05) is 12.9 Å². The van der Waals surface area contributed by atoms with Gasteiger partial charge in [-0.1, -0.05) is 18.2 Å². The normalized spacial score (nSPS) is 11.8. The van der Waals surface area contributed by atoms with Crippen LogP contribution in [0.25, 0.3) is 11.0 Å². The predicted octanol–water partition coefficient (Wildman–Crippen LogP) is 3.44. The second-order valence-electron chi connectivity index (χ2n) is 5.95. The number of hydroxylamine groups is 1. The lowest BCUT2D eigenvalue weighted by atomic mass is 10.2. The fraction of sp³-hybridized carbons (Fsp3) is 0.200. The van der Waals surface area contributed by atoms with E-state index in [1.54, 1.807) is 35.8 Å². The predicted molar refractivity (Wildman–Crippen MR) is 107 cm³/mol. The van der Waals surface area contributed by atoms with Gasteiger partial charge in [-0.05, 0) is 42.7 Å². The number of para-hydroxylation sites is 1. The van der Waals surface area contributed by atoms with Crippen LogP contribution in [0.4, 0.5) is 0 Å². The van der Waals surface area contributed by atoms with Gasteiger partial charge in [-0.25, -0.2) is 5.48 Å². The van der Waals surface area contributed by atoms with Gasteiger partial charge in [0.1, 0.15) is 11.3 Å². The van der Waals surface area contributed by atoms with Crippen LogP contribution in [0.1, 0.15) is 27.3 Å². The van der Waals surface area contributed by atoms with E-state index in [4.69, 9.17) is 14.4 Å². The quantitative estimate of drug-likeness (QED) is 0.304. The van der Waals surface area contributed by atoms with Crippen LogP contribution in [0.15, 0.2) is 59.0 Å². The Hall–Kier alpha value is -2.97. The lowest BCUT2D eigenvalue weighted by Crippen LogP contribution is -2.33. The second kappa shape index (κ2) is 9.29. The third kappa shape index (κ3) is 4.85. The van der Waals surface area contributed by atoms with E-state index in [2.05, 4.69) is 5.32 Å². The maximum atomic E-state index is 12.4. The molecule has 0 aliphatic rings. The minimum atomic E-state index is -0.581. The van der Waals surface area contributed by atoms with Crippen molar-refractivity contribution in [3.8, 4) is 5.75 Å². The van der Waals surface area contributed by atoms with Crippen molar-refractivity contribution in [2.45, 2.75) is 11.8 Å². The van der Waals surface area contributed by atoms with Gasteiger partial charge in [-0.15, -0.1) is 11.8 Å². The Morgan fingerprint density at radius 3 is 2.57 bits per heavy atom. The van der Waals surface area contributed by atoms with E-state index in [1.165, 1.54) is 11.8 Å². The molecule has 1 heterocycles. The van der Waals surface area contributed by atoms with Gasteiger partial charge in [0.25, 0.3) is 11.8 Å². The zero-order chi connectivity index (χ0) is 19.9. The average molecular weight is 400 g/mol. The number of furan rings is 1. The van der Waals surface area contributed by atoms with E-state index in [0.29, 0.717) is 29.9 Å². The maximum Gasteiger partial charge on any atom is 0.287 e. The molecule has 8 heteroatoms. The summed E-state index contributed by atoms with van der Waals surface area (Å²) < 4.78 is 11.2. The van der Waals surface area contributed by atoms with Crippen molar-refractivity contribution >= 4 is 34.5 Å². The monoisotopic (exact) mass is 400 g/mol. The second-order valence-corrected chi connectivity index (χ2v) is 6.99. The van der Waals surface area contributed by atoms with Crippen molar-refractivity contribution < 1.29 is 24.0 Å². The highest BCUT2D eigenvalue weighted by Crippen LogP contribution is 2.20. The molecule has 2 aromatic carbocycles. The summed E-state index contributed by atoms with van der Waals surface area (Å²) in [5.74, 6) is 0.0223. The van der Waals surface area contributed by atoms with Crippen LogP contribution < -0.4 is 15.5 Å². The summed E-state index contributed by atoms with van der Waals surface area (Å²) >= 11 is 1.51. The first-order valence-electron chi connectivity index (χ1n) is 8.60. The Morgan fingerprint density at radius 1 is 1.14 bits per heavy atom. The van der Waals surface area contributed by atoms with E-state index in [9.17, 15) is 9.59 Å². The molecule has 0 fully saturated rings. The van der Waals surface area contributed by atoms with E-state index in [-0.39, 0.29) is 17.0 Å². The molecule has 0 bridgehead atoms. The van der Waals surface area contributed by atoms with Crippen LogP contribution in [0.3, 0.4) is 0 Å². The number of hydrogen-bond acceptors (Lipinski definition) is 6. The number of nitrogens with one attached hydrogen (secondary N) is 2. The standard InChI is InChI=1S/C20H20N2O5S/c1-28-18(10-11-26-15-8-6-13(7-9-15)19(23)22-25)21-20(24)17-12-14-4-2-3-5-16(14)27-17/h2-9,12,18,25H,10-11H2,1H3,(H,21,24)(H,22,23). The van der Waals surface area contributed by atoms with Gasteiger partial charge in [0, 0.05) is 17.4 Å². The van der Waals surface area contributed by atoms with Crippen LogP contribution in [0.2, 0.25) is 0 Å². The number of benzene rings is 2. The average Bonchev–Trinajstić information content (AvgIpc) is 3.17. The lowest BCUT2D eigenvalue weighted by Gasteiger charge is -2.16. The maximum absolute atomic E-state index is 12.4. The molecular formula is C20H20N2O5S. The summed E-state index contributed by atoms with van der Waals surface area (Å²) in [7, 11) is 0. The third-order valence-electron chi connectivity index (χ3n) is 4.09. The Bertz CT molecular complexity index is 922. The van der Waals surface area contributed by atoms with Gasteiger partial charge in [0.2, 0.25) is 0 Å². The van der Waals surface area contributed by atoms with Crippen LogP contribution in [0, 0.1) is 0 Å².